The Balaban J connectivity index is 2.52. The van der Waals surface area contributed by atoms with Gasteiger partial charge < -0.3 is 19.7 Å². The van der Waals surface area contributed by atoms with Gasteiger partial charge in [-0.2, -0.15) is 0 Å². The molecule has 0 radical (unpaired) electrons. The van der Waals surface area contributed by atoms with Gasteiger partial charge in [-0.05, 0) is 31.3 Å². The molecule has 0 unspecified atom stereocenters. The highest BCUT2D eigenvalue weighted by Crippen LogP contribution is 2.34. The minimum absolute atomic E-state index is 0.0183. The van der Waals surface area contributed by atoms with Crippen LogP contribution in [0, 0.1) is 11.6 Å². The standard InChI is InChI=1S/C18H20F2N2O3S/c1-4-8-22-11(2)14(17(23)25-10-9-24-3)16(21-18(22)26)15-12(19)6-5-7-13(15)20/h4-7,16H,1,8-10H2,2-3H3,(H,21,26)/t16-/m1/s1. The van der Waals surface area contributed by atoms with Gasteiger partial charge in [0.25, 0.3) is 0 Å². The van der Waals surface area contributed by atoms with Crippen molar-refractivity contribution in [2.75, 3.05) is 26.9 Å². The Morgan fingerprint density at radius 1 is 1.38 bits per heavy atom. The number of esters is 1. The highest BCUT2D eigenvalue weighted by molar-refractivity contribution is 7.80. The molecule has 1 aliphatic rings. The summed E-state index contributed by atoms with van der Waals surface area (Å²) in [5.41, 5.74) is 0.246. The summed E-state index contributed by atoms with van der Waals surface area (Å²) in [5, 5.41) is 3.08. The number of nitrogens with zero attached hydrogens (tertiary/aromatic N) is 1. The second kappa shape index (κ2) is 8.86. The number of carbonyl (C=O) groups excluding carboxylic acids is 1. The average molecular weight is 382 g/mol. The summed E-state index contributed by atoms with van der Waals surface area (Å²) in [6.45, 7) is 5.86. The zero-order valence-electron chi connectivity index (χ0n) is 14.6. The fourth-order valence-corrected chi connectivity index (χ4v) is 3.02. The zero-order valence-corrected chi connectivity index (χ0v) is 15.4. The van der Waals surface area contributed by atoms with Crippen molar-refractivity contribution < 1.29 is 23.0 Å². The lowest BCUT2D eigenvalue weighted by Gasteiger charge is -2.37. The summed E-state index contributed by atoms with van der Waals surface area (Å²) in [6, 6.07) is 2.41. The summed E-state index contributed by atoms with van der Waals surface area (Å²) >= 11 is 5.29. The van der Waals surface area contributed by atoms with Crippen molar-refractivity contribution in [2.24, 2.45) is 0 Å². The summed E-state index contributed by atoms with van der Waals surface area (Å²) in [5.74, 6) is -2.26. The van der Waals surface area contributed by atoms with Crippen molar-refractivity contribution in [3.05, 3.63) is 59.3 Å². The first-order chi connectivity index (χ1) is 12.4. The van der Waals surface area contributed by atoms with E-state index >= 15 is 0 Å². The third-order valence-corrected chi connectivity index (χ3v) is 4.28. The van der Waals surface area contributed by atoms with Crippen LogP contribution in [0.5, 0.6) is 0 Å². The summed E-state index contributed by atoms with van der Waals surface area (Å²) in [4.78, 5) is 14.2. The predicted octanol–water partition coefficient (Wildman–Crippen LogP) is 2.85. The Morgan fingerprint density at radius 3 is 2.62 bits per heavy atom. The Bertz CT molecular complexity index is 732. The molecule has 1 aliphatic heterocycles. The fraction of sp³-hybridized carbons (Fsp3) is 0.333. The maximum atomic E-state index is 14.3. The van der Waals surface area contributed by atoms with Crippen LogP contribution < -0.4 is 5.32 Å². The van der Waals surface area contributed by atoms with Crippen LogP contribution in [0.2, 0.25) is 0 Å². The summed E-state index contributed by atoms with van der Waals surface area (Å²) < 4.78 is 38.7. The number of benzene rings is 1. The van der Waals surface area contributed by atoms with Gasteiger partial charge in [0.1, 0.15) is 18.2 Å². The molecule has 140 valence electrons. The van der Waals surface area contributed by atoms with Crippen LogP contribution in [-0.4, -0.2) is 42.8 Å². The van der Waals surface area contributed by atoms with E-state index < -0.39 is 23.6 Å². The molecule has 0 aliphatic carbocycles. The second-order valence-electron chi connectivity index (χ2n) is 5.54. The van der Waals surface area contributed by atoms with E-state index in [4.69, 9.17) is 21.7 Å². The lowest BCUT2D eigenvalue weighted by atomic mass is 9.94. The molecule has 1 atom stereocenters. The van der Waals surface area contributed by atoms with Crippen LogP contribution in [0.3, 0.4) is 0 Å². The van der Waals surface area contributed by atoms with E-state index in [1.165, 1.54) is 13.2 Å². The lowest BCUT2D eigenvalue weighted by Crippen LogP contribution is -2.48. The number of ether oxygens (including phenoxy) is 2. The molecule has 1 N–H and O–H groups in total. The lowest BCUT2D eigenvalue weighted by molar-refractivity contribution is -0.140. The van der Waals surface area contributed by atoms with Gasteiger partial charge >= 0.3 is 5.97 Å². The van der Waals surface area contributed by atoms with Crippen LogP contribution >= 0.6 is 12.2 Å². The van der Waals surface area contributed by atoms with E-state index in [0.29, 0.717) is 12.2 Å². The number of hydrogen-bond acceptors (Lipinski definition) is 4. The molecule has 8 heteroatoms. The topological polar surface area (TPSA) is 50.8 Å². The molecule has 2 rings (SSSR count). The molecule has 0 saturated heterocycles. The first-order valence-corrected chi connectivity index (χ1v) is 8.32. The maximum absolute atomic E-state index is 14.3. The third kappa shape index (κ3) is 4.08. The van der Waals surface area contributed by atoms with E-state index in [9.17, 15) is 13.6 Å². The van der Waals surface area contributed by atoms with Crippen LogP contribution in [0.25, 0.3) is 0 Å². The highest BCUT2D eigenvalue weighted by atomic mass is 32.1. The quantitative estimate of drug-likeness (QED) is 0.339. The van der Waals surface area contributed by atoms with Gasteiger partial charge in [-0.15, -0.1) is 6.58 Å². The van der Waals surface area contributed by atoms with E-state index in [1.807, 2.05) is 0 Å². The van der Waals surface area contributed by atoms with Crippen molar-refractivity contribution >= 4 is 23.3 Å². The molecule has 0 fully saturated rings. The van der Waals surface area contributed by atoms with E-state index in [2.05, 4.69) is 11.9 Å². The fourth-order valence-electron chi connectivity index (χ4n) is 2.69. The van der Waals surface area contributed by atoms with Crippen LogP contribution in [0.1, 0.15) is 18.5 Å². The first kappa shape index (κ1) is 20.0. The maximum Gasteiger partial charge on any atom is 0.338 e. The second-order valence-corrected chi connectivity index (χ2v) is 5.93. The Hall–Kier alpha value is -2.32. The van der Waals surface area contributed by atoms with Gasteiger partial charge in [0.2, 0.25) is 0 Å². The molecule has 0 aromatic heterocycles. The molecular weight excluding hydrogens is 362 g/mol. The number of halogens is 2. The monoisotopic (exact) mass is 382 g/mol. The third-order valence-electron chi connectivity index (χ3n) is 3.94. The normalized spacial score (nSPS) is 17.2. The van der Waals surface area contributed by atoms with Crippen LogP contribution in [-0.2, 0) is 14.3 Å². The average Bonchev–Trinajstić information content (AvgIpc) is 2.58. The predicted molar refractivity (Wildman–Crippen MR) is 97.3 cm³/mol. The molecule has 26 heavy (non-hydrogen) atoms. The number of hydrogen-bond donors (Lipinski definition) is 1. The molecule has 5 nitrogen and oxygen atoms in total. The molecular formula is C18H20F2N2O3S. The first-order valence-electron chi connectivity index (χ1n) is 7.92. The van der Waals surface area contributed by atoms with E-state index in [-0.39, 0.29) is 29.5 Å². The van der Waals surface area contributed by atoms with E-state index in [0.717, 1.165) is 12.1 Å². The van der Waals surface area contributed by atoms with Gasteiger partial charge in [0, 0.05) is 19.4 Å². The highest BCUT2D eigenvalue weighted by Gasteiger charge is 2.37. The Kier molecular flexibility index (Phi) is 6.82. The van der Waals surface area contributed by atoms with Gasteiger partial charge in [-0.1, -0.05) is 12.1 Å². The smallest absolute Gasteiger partial charge is 0.338 e. The zero-order chi connectivity index (χ0) is 19.3. The molecule has 0 amide bonds. The number of thiocarbonyl (C=S) groups is 1. The molecule has 0 bridgehead atoms. The minimum Gasteiger partial charge on any atom is -0.460 e. The van der Waals surface area contributed by atoms with Gasteiger partial charge in [-0.25, -0.2) is 13.6 Å². The van der Waals surface area contributed by atoms with Crippen LogP contribution in [0.4, 0.5) is 8.78 Å². The number of methoxy groups -OCH3 is 1. The number of rotatable bonds is 7. The number of nitrogens with one attached hydrogen (secondary N) is 1. The van der Waals surface area contributed by atoms with Gasteiger partial charge in [0.05, 0.1) is 23.8 Å². The molecule has 1 aromatic carbocycles. The van der Waals surface area contributed by atoms with Crippen molar-refractivity contribution in [3.8, 4) is 0 Å². The molecule has 1 heterocycles. The molecule has 1 aromatic rings. The van der Waals surface area contributed by atoms with Crippen molar-refractivity contribution in [3.63, 3.8) is 0 Å². The number of allylic oxidation sites excluding steroid dienone is 1. The van der Waals surface area contributed by atoms with Gasteiger partial charge in [0.15, 0.2) is 5.11 Å². The SMILES string of the molecule is C=CCN1C(=S)N[C@@H](c2c(F)cccc2F)C(C(=O)OCCOC)=C1C. The molecule has 0 spiro atoms. The Labute approximate surface area is 156 Å². The van der Waals surface area contributed by atoms with Crippen molar-refractivity contribution in [1.82, 2.24) is 10.2 Å². The summed E-state index contributed by atoms with van der Waals surface area (Å²) in [6.07, 6.45) is 1.61. The molecule has 0 saturated carbocycles. The largest absolute Gasteiger partial charge is 0.460 e. The number of carbonyl (C=O) groups is 1. The summed E-state index contributed by atoms with van der Waals surface area (Å²) in [7, 11) is 1.47. The van der Waals surface area contributed by atoms with E-state index in [1.54, 1.807) is 17.9 Å². The van der Waals surface area contributed by atoms with Crippen LogP contribution in [0.15, 0.2) is 42.1 Å². The Morgan fingerprint density at radius 2 is 2.04 bits per heavy atom. The van der Waals surface area contributed by atoms with Crippen molar-refractivity contribution in [1.29, 1.82) is 0 Å². The van der Waals surface area contributed by atoms with Crippen molar-refractivity contribution in [2.45, 2.75) is 13.0 Å². The minimum atomic E-state index is -1.10. The van der Waals surface area contributed by atoms with Gasteiger partial charge in [-0.3, -0.25) is 0 Å².